The number of rotatable bonds is 4. The van der Waals surface area contributed by atoms with E-state index in [-0.39, 0.29) is 0 Å². The maximum Gasteiger partial charge on any atom is 0.0726 e. The van der Waals surface area contributed by atoms with Crippen LogP contribution < -0.4 is 0 Å². The van der Waals surface area contributed by atoms with E-state index in [2.05, 4.69) is 36.4 Å². The third-order valence-electron chi connectivity index (χ3n) is 1.56. The number of thiol groups is 1. The molecular formula is C9H14N2S2. The summed E-state index contributed by atoms with van der Waals surface area (Å²) in [5.74, 6) is 1.60. The standard InChI is InChI=1S/C9H14N2S2/c1-7(2)13-6-9-8(5-12)10-3-4-11-9/h3-4,7,12H,5-6H2,1-2H3. The van der Waals surface area contributed by atoms with E-state index in [0.717, 1.165) is 17.1 Å². The van der Waals surface area contributed by atoms with Gasteiger partial charge in [0.15, 0.2) is 0 Å². The summed E-state index contributed by atoms with van der Waals surface area (Å²) < 4.78 is 0. The molecule has 1 rings (SSSR count). The van der Waals surface area contributed by atoms with E-state index >= 15 is 0 Å². The summed E-state index contributed by atoms with van der Waals surface area (Å²) >= 11 is 6.09. The van der Waals surface area contributed by atoms with Gasteiger partial charge in [0.2, 0.25) is 0 Å². The number of thioether (sulfide) groups is 1. The van der Waals surface area contributed by atoms with Crippen molar-refractivity contribution >= 4 is 24.4 Å². The highest BCUT2D eigenvalue weighted by atomic mass is 32.2. The molecule has 0 radical (unpaired) electrons. The van der Waals surface area contributed by atoms with Crippen molar-refractivity contribution in [3.63, 3.8) is 0 Å². The molecule has 0 amide bonds. The first-order valence-electron chi connectivity index (χ1n) is 4.25. The summed E-state index contributed by atoms with van der Waals surface area (Å²) in [6.45, 7) is 4.36. The summed E-state index contributed by atoms with van der Waals surface area (Å²) in [4.78, 5) is 8.51. The van der Waals surface area contributed by atoms with Crippen LogP contribution in [0.1, 0.15) is 25.2 Å². The van der Waals surface area contributed by atoms with Gasteiger partial charge in [0.1, 0.15) is 0 Å². The van der Waals surface area contributed by atoms with Crippen LogP contribution in [0.3, 0.4) is 0 Å². The fourth-order valence-corrected chi connectivity index (χ4v) is 1.89. The highest BCUT2D eigenvalue weighted by Crippen LogP contribution is 2.17. The SMILES string of the molecule is CC(C)SCc1nccnc1CS. The lowest BCUT2D eigenvalue weighted by molar-refractivity contribution is 1.01. The highest BCUT2D eigenvalue weighted by molar-refractivity contribution is 7.99. The molecule has 0 saturated heterocycles. The predicted octanol–water partition coefficient (Wildman–Crippen LogP) is 2.55. The van der Waals surface area contributed by atoms with Crippen LogP contribution in [0, 0.1) is 0 Å². The van der Waals surface area contributed by atoms with Crippen LogP contribution in [0.25, 0.3) is 0 Å². The average Bonchev–Trinajstić information content (AvgIpc) is 2.15. The normalized spacial score (nSPS) is 10.8. The average molecular weight is 214 g/mol. The molecule has 0 saturated carbocycles. The molecular weight excluding hydrogens is 200 g/mol. The largest absolute Gasteiger partial charge is 0.257 e. The molecule has 1 aromatic heterocycles. The molecule has 13 heavy (non-hydrogen) atoms. The van der Waals surface area contributed by atoms with E-state index in [1.54, 1.807) is 12.4 Å². The molecule has 0 aliphatic carbocycles. The highest BCUT2D eigenvalue weighted by Gasteiger charge is 2.04. The molecule has 1 heterocycles. The second-order valence-corrected chi connectivity index (χ2v) is 4.85. The Bertz CT molecular complexity index is 264. The van der Waals surface area contributed by atoms with Crippen LogP contribution in [0.2, 0.25) is 0 Å². The summed E-state index contributed by atoms with van der Waals surface area (Å²) in [7, 11) is 0. The quantitative estimate of drug-likeness (QED) is 0.780. The minimum Gasteiger partial charge on any atom is -0.257 e. The summed E-state index contributed by atoms with van der Waals surface area (Å²) in [6.07, 6.45) is 3.46. The van der Waals surface area contributed by atoms with Crippen molar-refractivity contribution in [1.29, 1.82) is 0 Å². The van der Waals surface area contributed by atoms with Gasteiger partial charge in [0.25, 0.3) is 0 Å². The van der Waals surface area contributed by atoms with Crippen molar-refractivity contribution in [2.45, 2.75) is 30.6 Å². The van der Waals surface area contributed by atoms with Crippen molar-refractivity contribution in [2.75, 3.05) is 0 Å². The first-order valence-corrected chi connectivity index (χ1v) is 5.93. The lowest BCUT2D eigenvalue weighted by Crippen LogP contribution is -1.98. The topological polar surface area (TPSA) is 25.8 Å². The van der Waals surface area contributed by atoms with Crippen LogP contribution in [0.15, 0.2) is 12.4 Å². The van der Waals surface area contributed by atoms with E-state index in [9.17, 15) is 0 Å². The molecule has 0 aliphatic heterocycles. The third kappa shape index (κ3) is 3.56. The second kappa shape index (κ2) is 5.50. The van der Waals surface area contributed by atoms with Gasteiger partial charge in [-0.3, -0.25) is 9.97 Å². The molecule has 0 unspecified atom stereocenters. The molecule has 0 N–H and O–H groups in total. The third-order valence-corrected chi connectivity index (χ3v) is 2.97. The van der Waals surface area contributed by atoms with Gasteiger partial charge in [-0.25, -0.2) is 0 Å². The predicted molar refractivity (Wildman–Crippen MR) is 61.2 cm³/mol. The molecule has 0 aliphatic rings. The Balaban J connectivity index is 2.64. The van der Waals surface area contributed by atoms with Crippen molar-refractivity contribution in [3.8, 4) is 0 Å². The van der Waals surface area contributed by atoms with Gasteiger partial charge in [-0.1, -0.05) is 13.8 Å². The van der Waals surface area contributed by atoms with Crippen molar-refractivity contribution in [2.24, 2.45) is 0 Å². The van der Waals surface area contributed by atoms with Crippen molar-refractivity contribution < 1.29 is 0 Å². The smallest absolute Gasteiger partial charge is 0.0726 e. The van der Waals surface area contributed by atoms with Gasteiger partial charge in [-0.2, -0.15) is 24.4 Å². The zero-order chi connectivity index (χ0) is 9.68. The fraction of sp³-hybridized carbons (Fsp3) is 0.556. The monoisotopic (exact) mass is 214 g/mol. The minimum absolute atomic E-state index is 0.634. The fourth-order valence-electron chi connectivity index (χ4n) is 0.894. The van der Waals surface area contributed by atoms with Crippen molar-refractivity contribution in [3.05, 3.63) is 23.8 Å². The van der Waals surface area contributed by atoms with Gasteiger partial charge >= 0.3 is 0 Å². The molecule has 0 aromatic carbocycles. The van der Waals surface area contributed by atoms with E-state index in [1.807, 2.05) is 11.8 Å². The Labute approximate surface area is 89.0 Å². The summed E-state index contributed by atoms with van der Waals surface area (Å²) in [5, 5.41) is 0.634. The molecule has 0 fully saturated rings. The van der Waals surface area contributed by atoms with Gasteiger partial charge < -0.3 is 0 Å². The Kier molecular flexibility index (Phi) is 4.59. The first-order chi connectivity index (χ1) is 6.24. The van der Waals surface area contributed by atoms with Gasteiger partial charge in [-0.15, -0.1) is 0 Å². The Morgan fingerprint density at radius 1 is 1.31 bits per heavy atom. The first kappa shape index (κ1) is 10.9. The maximum absolute atomic E-state index is 4.29. The molecule has 72 valence electrons. The Morgan fingerprint density at radius 3 is 2.46 bits per heavy atom. The zero-order valence-corrected chi connectivity index (χ0v) is 9.61. The minimum atomic E-state index is 0.634. The number of hydrogen-bond donors (Lipinski definition) is 1. The molecule has 0 atom stereocenters. The van der Waals surface area contributed by atoms with Crippen LogP contribution >= 0.6 is 24.4 Å². The molecule has 4 heteroatoms. The van der Waals surface area contributed by atoms with E-state index in [0.29, 0.717) is 11.0 Å². The summed E-state index contributed by atoms with van der Waals surface area (Å²) in [6, 6.07) is 0. The van der Waals surface area contributed by atoms with Gasteiger partial charge in [-0.05, 0) is 5.25 Å². The van der Waals surface area contributed by atoms with Crippen LogP contribution in [-0.2, 0) is 11.5 Å². The number of nitrogens with zero attached hydrogens (tertiary/aromatic N) is 2. The Morgan fingerprint density at radius 2 is 1.92 bits per heavy atom. The second-order valence-electron chi connectivity index (χ2n) is 2.97. The zero-order valence-electron chi connectivity index (χ0n) is 7.90. The van der Waals surface area contributed by atoms with Crippen molar-refractivity contribution in [1.82, 2.24) is 9.97 Å². The lowest BCUT2D eigenvalue weighted by Gasteiger charge is -2.06. The molecule has 2 nitrogen and oxygen atoms in total. The number of aromatic nitrogens is 2. The maximum atomic E-state index is 4.29. The summed E-state index contributed by atoms with van der Waals surface area (Å²) in [5.41, 5.74) is 2.06. The molecule has 0 bridgehead atoms. The van der Waals surface area contributed by atoms with E-state index in [4.69, 9.17) is 0 Å². The Hall–Kier alpha value is -0.220. The van der Waals surface area contributed by atoms with E-state index < -0.39 is 0 Å². The van der Waals surface area contributed by atoms with Crippen LogP contribution in [0.5, 0.6) is 0 Å². The molecule has 0 spiro atoms. The van der Waals surface area contributed by atoms with Gasteiger partial charge in [0, 0.05) is 23.9 Å². The van der Waals surface area contributed by atoms with Crippen LogP contribution in [0.4, 0.5) is 0 Å². The lowest BCUT2D eigenvalue weighted by atomic mass is 10.3. The van der Waals surface area contributed by atoms with E-state index in [1.165, 1.54) is 0 Å². The number of hydrogen-bond acceptors (Lipinski definition) is 4. The van der Waals surface area contributed by atoms with Crippen LogP contribution in [-0.4, -0.2) is 15.2 Å². The molecule has 1 aromatic rings. The van der Waals surface area contributed by atoms with Gasteiger partial charge in [0.05, 0.1) is 11.4 Å².